The minimum Gasteiger partial charge on any atom is -0.545 e. The SMILES string of the molecule is C=C(C=CC#[N+]CC)C(=O)[O-].C=Cc1ccccc1. The highest BCUT2D eigenvalue weighted by molar-refractivity contribution is 5.87. The molecule has 0 aliphatic carbocycles. The third-order valence-corrected chi connectivity index (χ3v) is 1.91. The molecule has 0 spiro atoms. The van der Waals surface area contributed by atoms with Crippen molar-refractivity contribution in [1.29, 1.82) is 0 Å². The average molecular weight is 255 g/mol. The Morgan fingerprint density at radius 3 is 2.47 bits per heavy atom. The minimum atomic E-state index is -1.28. The van der Waals surface area contributed by atoms with Crippen LogP contribution in [-0.2, 0) is 4.79 Å². The van der Waals surface area contributed by atoms with Gasteiger partial charge in [0.05, 0.1) is 12.0 Å². The monoisotopic (exact) mass is 255 g/mol. The van der Waals surface area contributed by atoms with Gasteiger partial charge in [-0.25, -0.2) is 0 Å². The molecule has 98 valence electrons. The summed E-state index contributed by atoms with van der Waals surface area (Å²) in [6.07, 6.45) is 4.51. The molecule has 3 nitrogen and oxygen atoms in total. The van der Waals surface area contributed by atoms with Gasteiger partial charge in [0.25, 0.3) is 6.54 Å². The molecule has 0 atom stereocenters. The van der Waals surface area contributed by atoms with Crippen LogP contribution in [0.1, 0.15) is 12.5 Å². The summed E-state index contributed by atoms with van der Waals surface area (Å²) in [5.41, 5.74) is 1.09. The van der Waals surface area contributed by atoms with Crippen LogP contribution in [-0.4, -0.2) is 12.5 Å². The van der Waals surface area contributed by atoms with Gasteiger partial charge < -0.3 is 9.90 Å². The summed E-state index contributed by atoms with van der Waals surface area (Å²) in [5, 5.41) is 10.0. The summed E-state index contributed by atoms with van der Waals surface area (Å²) in [5.74, 6) is -1.28. The third kappa shape index (κ3) is 9.13. The van der Waals surface area contributed by atoms with Gasteiger partial charge in [-0.3, -0.25) is 0 Å². The maximum atomic E-state index is 10.0. The molecule has 3 heteroatoms. The summed E-state index contributed by atoms with van der Waals surface area (Å²) in [7, 11) is 0. The smallest absolute Gasteiger partial charge is 0.303 e. The molecule has 0 aliphatic heterocycles. The van der Waals surface area contributed by atoms with Gasteiger partial charge in [-0.15, -0.1) is 0 Å². The summed E-state index contributed by atoms with van der Waals surface area (Å²) in [4.78, 5) is 13.8. The number of nitrogens with zero attached hydrogens (tertiary/aromatic N) is 1. The van der Waals surface area contributed by atoms with Gasteiger partial charge in [0.1, 0.15) is 0 Å². The number of allylic oxidation sites excluding steroid dienone is 1. The van der Waals surface area contributed by atoms with Crippen molar-refractivity contribution in [3.05, 3.63) is 71.6 Å². The molecule has 1 aromatic carbocycles. The second-order valence-corrected chi connectivity index (χ2v) is 3.36. The Morgan fingerprint density at radius 1 is 1.42 bits per heavy atom. The van der Waals surface area contributed by atoms with Crippen molar-refractivity contribution >= 4 is 12.0 Å². The molecule has 0 radical (unpaired) electrons. The van der Waals surface area contributed by atoms with E-state index >= 15 is 0 Å². The maximum absolute atomic E-state index is 10.0. The predicted molar refractivity (Wildman–Crippen MR) is 77.6 cm³/mol. The van der Waals surface area contributed by atoms with Crippen molar-refractivity contribution in [3.63, 3.8) is 0 Å². The molecule has 1 aromatic rings. The number of rotatable bonds is 3. The molecule has 0 aromatic heterocycles. The Balaban J connectivity index is 0.000000356. The zero-order valence-electron chi connectivity index (χ0n) is 11.0. The number of benzene rings is 1. The summed E-state index contributed by atoms with van der Waals surface area (Å²) < 4.78 is 0. The van der Waals surface area contributed by atoms with E-state index in [-0.39, 0.29) is 5.57 Å². The minimum absolute atomic E-state index is 0.0798. The maximum Gasteiger partial charge on any atom is 0.303 e. The second-order valence-electron chi connectivity index (χ2n) is 3.36. The Hall–Kier alpha value is -2.60. The number of carbonyl (C=O) groups is 1. The third-order valence-electron chi connectivity index (χ3n) is 1.91. The van der Waals surface area contributed by atoms with Crippen molar-refractivity contribution in [2.45, 2.75) is 6.92 Å². The Labute approximate surface area is 114 Å². The number of carboxylic acid groups (broad SMARTS) is 1. The van der Waals surface area contributed by atoms with E-state index in [1.807, 2.05) is 43.3 Å². The van der Waals surface area contributed by atoms with Crippen LogP contribution in [0.5, 0.6) is 0 Å². The number of hydrogen-bond acceptors (Lipinski definition) is 2. The number of carboxylic acids is 1. The first kappa shape index (κ1) is 16.4. The molecule has 0 aliphatic rings. The zero-order chi connectivity index (χ0) is 14.5. The lowest BCUT2D eigenvalue weighted by Crippen LogP contribution is -2.22. The van der Waals surface area contributed by atoms with Gasteiger partial charge in [0.15, 0.2) is 0 Å². The first-order chi connectivity index (χ1) is 9.11. The molecule has 0 fully saturated rings. The molecular formula is C16H17NO2. The van der Waals surface area contributed by atoms with E-state index in [1.54, 1.807) is 0 Å². The van der Waals surface area contributed by atoms with Crippen LogP contribution >= 0.6 is 0 Å². The fraction of sp³-hybridized carbons (Fsp3) is 0.125. The van der Waals surface area contributed by atoms with E-state index < -0.39 is 5.97 Å². The van der Waals surface area contributed by atoms with E-state index in [9.17, 15) is 9.90 Å². The van der Waals surface area contributed by atoms with Crippen molar-refractivity contribution in [1.82, 2.24) is 0 Å². The van der Waals surface area contributed by atoms with Crippen molar-refractivity contribution < 1.29 is 9.90 Å². The molecule has 0 amide bonds. The zero-order valence-corrected chi connectivity index (χ0v) is 11.0. The largest absolute Gasteiger partial charge is 0.545 e. The van der Waals surface area contributed by atoms with Crippen LogP contribution in [0.4, 0.5) is 0 Å². The van der Waals surface area contributed by atoms with E-state index in [4.69, 9.17) is 0 Å². The lowest BCUT2D eigenvalue weighted by Gasteiger charge is -1.95. The number of hydrogen-bond donors (Lipinski definition) is 0. The first-order valence-corrected chi connectivity index (χ1v) is 5.78. The standard InChI is InChI=1S/C8H9NO2.C8H8/c1-3-9-6-4-5-7(2)8(10)11;1-2-8-6-4-3-5-7-8/h4-5H,2-3H2,1H3;2-7H,1H2. The van der Waals surface area contributed by atoms with Crippen LogP contribution in [0.25, 0.3) is 10.9 Å². The van der Waals surface area contributed by atoms with Crippen LogP contribution in [0, 0.1) is 6.07 Å². The highest BCUT2D eigenvalue weighted by Gasteiger charge is 1.86. The Morgan fingerprint density at radius 2 is 2.05 bits per heavy atom. The first-order valence-electron chi connectivity index (χ1n) is 5.78. The van der Waals surface area contributed by atoms with Crippen LogP contribution in [0.3, 0.4) is 0 Å². The molecule has 0 saturated carbocycles. The predicted octanol–water partition coefficient (Wildman–Crippen LogP) is 2.53. The lowest BCUT2D eigenvalue weighted by molar-refractivity contribution is -0.298. The van der Waals surface area contributed by atoms with Gasteiger partial charge in [-0.1, -0.05) is 54.4 Å². The van der Waals surface area contributed by atoms with E-state index in [0.29, 0.717) is 6.54 Å². The molecule has 0 heterocycles. The van der Waals surface area contributed by atoms with Crippen LogP contribution in [0.2, 0.25) is 0 Å². The molecule has 0 bridgehead atoms. The van der Waals surface area contributed by atoms with Crippen molar-refractivity contribution in [2.75, 3.05) is 6.54 Å². The van der Waals surface area contributed by atoms with Gasteiger partial charge >= 0.3 is 6.07 Å². The van der Waals surface area contributed by atoms with E-state index in [1.165, 1.54) is 17.7 Å². The van der Waals surface area contributed by atoms with Crippen LogP contribution in [0.15, 0.2) is 61.2 Å². The van der Waals surface area contributed by atoms with E-state index in [2.05, 4.69) is 24.1 Å². The van der Waals surface area contributed by atoms with Gasteiger partial charge in [0.2, 0.25) is 0 Å². The quantitative estimate of drug-likeness (QED) is 0.473. The van der Waals surface area contributed by atoms with E-state index in [0.717, 1.165) is 0 Å². The molecular weight excluding hydrogens is 238 g/mol. The Kier molecular flexibility index (Phi) is 9.10. The molecule has 0 saturated heterocycles. The summed E-state index contributed by atoms with van der Waals surface area (Å²) >= 11 is 0. The highest BCUT2D eigenvalue weighted by atomic mass is 16.4. The van der Waals surface area contributed by atoms with Gasteiger partial charge in [0, 0.05) is 6.92 Å². The summed E-state index contributed by atoms with van der Waals surface area (Å²) in [6.45, 7) is 9.33. The summed E-state index contributed by atoms with van der Waals surface area (Å²) in [6, 6.07) is 12.5. The molecule has 0 N–H and O–H groups in total. The molecule has 1 rings (SSSR count). The number of carbonyl (C=O) groups excluding carboxylic acids is 1. The van der Waals surface area contributed by atoms with Gasteiger partial charge in [-0.2, -0.15) is 0 Å². The number of aliphatic carboxylic acids is 1. The normalized spacial score (nSPS) is 8.68. The van der Waals surface area contributed by atoms with Crippen LogP contribution < -0.4 is 5.11 Å². The average Bonchev–Trinajstić information content (AvgIpc) is 2.45. The van der Waals surface area contributed by atoms with Gasteiger partial charge in [-0.05, 0) is 17.2 Å². The highest BCUT2D eigenvalue weighted by Crippen LogP contribution is 1.97. The molecule has 19 heavy (non-hydrogen) atoms. The lowest BCUT2D eigenvalue weighted by atomic mass is 10.2. The Bertz CT molecular complexity index is 505. The second kappa shape index (κ2) is 10.5. The fourth-order valence-electron chi connectivity index (χ4n) is 0.939. The topological polar surface area (TPSA) is 44.5 Å². The van der Waals surface area contributed by atoms with Crippen molar-refractivity contribution in [2.24, 2.45) is 0 Å². The van der Waals surface area contributed by atoms with Crippen molar-refractivity contribution in [3.8, 4) is 6.07 Å². The molecule has 0 unspecified atom stereocenters. The fourth-order valence-corrected chi connectivity index (χ4v) is 0.939.